The van der Waals surface area contributed by atoms with E-state index in [1.807, 2.05) is 0 Å². The van der Waals surface area contributed by atoms with Crippen molar-refractivity contribution in [3.8, 4) is 0 Å². The number of Topliss-reactive ketones (excluding diaryl/α,β-unsaturated/α-hetero) is 1. The summed E-state index contributed by atoms with van der Waals surface area (Å²) in [6, 6.07) is 6.25. The van der Waals surface area contributed by atoms with E-state index in [1.54, 1.807) is 24.3 Å². The topological polar surface area (TPSA) is 75.7 Å². The number of benzene rings is 1. The third-order valence-electron chi connectivity index (χ3n) is 3.10. The Balaban J connectivity index is 2.16. The number of hydrogen-bond donors (Lipinski definition) is 1. The van der Waals surface area contributed by atoms with Crippen LogP contribution in [0.25, 0.3) is 0 Å². The van der Waals surface area contributed by atoms with E-state index in [4.69, 9.17) is 5.21 Å². The molecule has 1 aliphatic rings. The van der Waals surface area contributed by atoms with Crippen molar-refractivity contribution >= 4 is 33.6 Å². The molecule has 2 rings (SSSR count). The number of ketones is 1. The Morgan fingerprint density at radius 2 is 2.16 bits per heavy atom. The quantitative estimate of drug-likeness (QED) is 0.232. The van der Waals surface area contributed by atoms with Crippen molar-refractivity contribution in [3.63, 3.8) is 0 Å². The second-order valence-electron chi connectivity index (χ2n) is 4.36. The molecule has 1 N–H and O–H groups in total. The number of carbonyl (C=O) groups excluding carboxylic acids is 1. The smallest absolute Gasteiger partial charge is 0.249 e. The maximum atomic E-state index is 11.9. The highest BCUT2D eigenvalue weighted by Gasteiger charge is 2.30. The van der Waals surface area contributed by atoms with Crippen LogP contribution >= 0.6 is 15.9 Å². The van der Waals surface area contributed by atoms with Crippen LogP contribution in [0.3, 0.4) is 0 Å². The molecule has 0 aliphatic heterocycles. The minimum absolute atomic E-state index is 0.355. The molecular weight excluding hydrogens is 312 g/mol. The van der Waals surface area contributed by atoms with Gasteiger partial charge in [0.1, 0.15) is 5.71 Å². The first-order valence-electron chi connectivity index (χ1n) is 5.93. The lowest BCUT2D eigenvalue weighted by molar-refractivity contribution is -0.474. The van der Waals surface area contributed by atoms with Gasteiger partial charge in [-0.1, -0.05) is 21.1 Å². The summed E-state index contributed by atoms with van der Waals surface area (Å²) in [6.45, 7) is 0. The van der Waals surface area contributed by atoms with Gasteiger partial charge in [-0.25, -0.2) is 0 Å². The van der Waals surface area contributed by atoms with Crippen LogP contribution in [0.1, 0.15) is 29.6 Å². The van der Waals surface area contributed by atoms with Crippen LogP contribution in [-0.4, -0.2) is 33.7 Å². The molecule has 1 fully saturated rings. The minimum Gasteiger partial charge on any atom is -0.623 e. The van der Waals surface area contributed by atoms with Crippen LogP contribution in [-0.2, 0) is 0 Å². The summed E-state index contributed by atoms with van der Waals surface area (Å²) in [5.41, 5.74) is 0.888. The number of hydroxylamine groups is 1. The van der Waals surface area contributed by atoms with Gasteiger partial charge in [0.2, 0.25) is 18.0 Å². The Labute approximate surface area is 119 Å². The molecule has 19 heavy (non-hydrogen) atoms. The predicted molar refractivity (Wildman–Crippen MR) is 75.0 cm³/mol. The van der Waals surface area contributed by atoms with Crippen LogP contribution in [0.4, 0.5) is 0 Å². The summed E-state index contributed by atoms with van der Waals surface area (Å²) in [6.07, 6.45) is 3.01. The summed E-state index contributed by atoms with van der Waals surface area (Å²) < 4.78 is 1.46. The minimum atomic E-state index is -0.524. The Morgan fingerprint density at radius 3 is 2.79 bits per heavy atom. The van der Waals surface area contributed by atoms with Crippen LogP contribution in [0.15, 0.2) is 33.9 Å². The van der Waals surface area contributed by atoms with Gasteiger partial charge in [0.05, 0.1) is 0 Å². The summed E-state index contributed by atoms with van der Waals surface area (Å²) >= 11 is 3.28. The number of halogens is 1. The maximum absolute atomic E-state index is 11.9. The average Bonchev–Trinajstić information content (AvgIpc) is 2.87. The van der Waals surface area contributed by atoms with Crippen LogP contribution in [0.5, 0.6) is 0 Å². The molecule has 0 spiro atoms. The molecular formula is C13H13BrN2O3. The van der Waals surface area contributed by atoms with Gasteiger partial charge in [0.15, 0.2) is 0 Å². The lowest BCUT2D eigenvalue weighted by Crippen LogP contribution is -2.28. The molecule has 6 heteroatoms. The first-order chi connectivity index (χ1) is 9.11. The largest absolute Gasteiger partial charge is 0.623 e. The molecule has 0 saturated heterocycles. The molecule has 1 saturated carbocycles. The fourth-order valence-electron chi connectivity index (χ4n) is 2.09. The summed E-state index contributed by atoms with van der Waals surface area (Å²) in [5.74, 6) is -0.355. The lowest BCUT2D eigenvalue weighted by atomic mass is 10.1. The van der Waals surface area contributed by atoms with E-state index in [0.717, 1.165) is 17.1 Å². The average molecular weight is 325 g/mol. The number of hydrogen-bond acceptors (Lipinski definition) is 4. The molecule has 1 aliphatic carbocycles. The van der Waals surface area contributed by atoms with Gasteiger partial charge in [-0.2, -0.15) is 4.74 Å². The highest BCUT2D eigenvalue weighted by molar-refractivity contribution is 9.10. The second-order valence-corrected chi connectivity index (χ2v) is 5.28. The summed E-state index contributed by atoms with van der Waals surface area (Å²) in [5, 5.41) is 23.8. The molecule has 1 unspecified atom stereocenters. The highest BCUT2D eigenvalue weighted by Crippen LogP contribution is 2.18. The molecule has 0 aromatic heterocycles. The number of oxime groups is 1. The zero-order chi connectivity index (χ0) is 13.8. The fourth-order valence-corrected chi connectivity index (χ4v) is 2.36. The molecule has 0 heterocycles. The van der Waals surface area contributed by atoms with Crippen molar-refractivity contribution in [1.82, 2.24) is 0 Å². The van der Waals surface area contributed by atoms with E-state index in [2.05, 4.69) is 21.1 Å². The Morgan fingerprint density at radius 1 is 1.47 bits per heavy atom. The van der Waals surface area contributed by atoms with Crippen molar-refractivity contribution in [3.05, 3.63) is 39.5 Å². The SMILES string of the molecule is O=C(/C=[N+](\[O-])C1CCC/C1=N/O)c1ccc(Br)cc1. The number of nitrogens with zero attached hydrogens (tertiary/aromatic N) is 2. The van der Waals surface area contributed by atoms with Crippen LogP contribution in [0.2, 0.25) is 0 Å². The van der Waals surface area contributed by atoms with E-state index in [0.29, 0.717) is 28.9 Å². The monoisotopic (exact) mass is 324 g/mol. The van der Waals surface area contributed by atoms with Gasteiger partial charge in [0, 0.05) is 16.5 Å². The highest BCUT2D eigenvalue weighted by atomic mass is 79.9. The molecule has 1 aromatic carbocycles. The van der Waals surface area contributed by atoms with Crippen molar-refractivity contribution in [2.24, 2.45) is 5.16 Å². The molecule has 1 atom stereocenters. The first-order valence-corrected chi connectivity index (χ1v) is 6.72. The van der Waals surface area contributed by atoms with E-state index < -0.39 is 6.04 Å². The van der Waals surface area contributed by atoms with Crippen LogP contribution < -0.4 is 0 Å². The summed E-state index contributed by atoms with van der Waals surface area (Å²) in [7, 11) is 0. The van der Waals surface area contributed by atoms with Gasteiger partial charge in [-0.3, -0.25) is 4.79 Å². The van der Waals surface area contributed by atoms with Gasteiger partial charge < -0.3 is 10.4 Å². The Bertz CT molecular complexity index is 537. The first kappa shape index (κ1) is 13.7. The van der Waals surface area contributed by atoms with Gasteiger partial charge >= 0.3 is 0 Å². The van der Waals surface area contributed by atoms with E-state index in [1.165, 1.54) is 0 Å². The zero-order valence-electron chi connectivity index (χ0n) is 10.1. The zero-order valence-corrected chi connectivity index (χ0v) is 11.7. The molecule has 0 radical (unpaired) electrons. The third kappa shape index (κ3) is 3.20. The molecule has 1 aromatic rings. The molecule has 5 nitrogen and oxygen atoms in total. The summed E-state index contributed by atoms with van der Waals surface area (Å²) in [4.78, 5) is 11.9. The van der Waals surface area contributed by atoms with E-state index in [-0.39, 0.29) is 5.78 Å². The molecule has 100 valence electrons. The van der Waals surface area contributed by atoms with Crippen molar-refractivity contribution < 1.29 is 14.7 Å². The van der Waals surface area contributed by atoms with Gasteiger partial charge in [-0.15, -0.1) is 0 Å². The standard InChI is InChI=1S/C13H13BrN2O3/c14-10-6-4-9(5-7-10)13(17)8-16(19)12-3-1-2-11(12)15-18/h4-8,12,18H,1-3H2/b15-11-,16-8-. The van der Waals surface area contributed by atoms with E-state index >= 15 is 0 Å². The Kier molecular flexibility index (Phi) is 4.31. The third-order valence-corrected chi connectivity index (χ3v) is 3.63. The van der Waals surface area contributed by atoms with Crippen molar-refractivity contribution in [2.75, 3.05) is 0 Å². The fraction of sp³-hybridized carbons (Fsp3) is 0.308. The van der Waals surface area contributed by atoms with Crippen molar-refractivity contribution in [2.45, 2.75) is 25.3 Å². The predicted octanol–water partition coefficient (Wildman–Crippen LogP) is 2.60. The van der Waals surface area contributed by atoms with Crippen LogP contribution in [0, 0.1) is 5.21 Å². The maximum Gasteiger partial charge on any atom is 0.249 e. The van der Waals surface area contributed by atoms with Crippen molar-refractivity contribution in [1.29, 1.82) is 0 Å². The number of rotatable bonds is 3. The second kappa shape index (κ2) is 5.97. The van der Waals surface area contributed by atoms with Gasteiger partial charge in [0.25, 0.3) is 0 Å². The lowest BCUT2D eigenvalue weighted by Gasteiger charge is -2.10. The number of carbonyl (C=O) groups is 1. The van der Waals surface area contributed by atoms with E-state index in [9.17, 15) is 10.0 Å². The normalized spacial score (nSPS) is 21.8. The molecule has 0 bridgehead atoms. The molecule has 0 amide bonds. The van der Waals surface area contributed by atoms with Gasteiger partial charge in [-0.05, 0) is 37.1 Å². The Hall–Kier alpha value is -1.69.